The number of fused-ring (bicyclic) bond motifs is 12. The van der Waals surface area contributed by atoms with Crippen molar-refractivity contribution in [3.05, 3.63) is 180 Å². The van der Waals surface area contributed by atoms with E-state index >= 15 is 0 Å². The molecule has 1 aliphatic carbocycles. The van der Waals surface area contributed by atoms with E-state index in [1.165, 1.54) is 55.9 Å². The second-order valence-corrected chi connectivity index (χ2v) is 17.8. The third kappa shape index (κ3) is 4.95. The molecule has 2 aromatic heterocycles. The fourth-order valence-corrected chi connectivity index (χ4v) is 10.0. The average molecular weight is 935 g/mol. The Bertz CT molecular complexity index is 2910. The average Bonchev–Trinajstić information content (AvgIpc) is 3.83. The van der Waals surface area contributed by atoms with E-state index in [0.717, 1.165) is 33.3 Å². The molecule has 4 heterocycles. The Kier molecular flexibility index (Phi) is 8.02. The van der Waals surface area contributed by atoms with Crippen LogP contribution in [-0.4, -0.2) is 16.6 Å². The second kappa shape index (κ2) is 12.7. The van der Waals surface area contributed by atoms with Crippen molar-refractivity contribution in [2.75, 3.05) is 16.8 Å². The molecule has 0 atom stereocenters. The maximum atomic E-state index is 6.81. The molecule has 6 heteroatoms. The number of para-hydroxylation sites is 2. The fraction of sp³-hybridized carbons (Fsp3) is 0.192. The van der Waals surface area contributed by atoms with Crippen LogP contribution in [0.2, 0.25) is 0 Å². The van der Waals surface area contributed by atoms with Crippen molar-refractivity contribution in [1.82, 2.24) is 9.55 Å². The molecular formula is C52H43N4OPt-3. The standard InChI is InChI=1S/C52H43N4O.Pt/c1-50(2,3)39-18-12-16-36-37-17-13-19-40(51(4,5)6)48(37)52(47(36)39)38-27-25-33(30-45(38)55-31-54(7)43-22-14-20-41(52)49(43)55)57-32-24-26-35-34-15-8-9-21-42(34)56(44(35)29-32)46-23-10-11-28-53-46;/h8-28,31H,1-7H3;/q-3;. The number of aromatic nitrogens is 2. The smallest absolute Gasteiger partial charge is 0.135 e. The third-order valence-corrected chi connectivity index (χ3v) is 12.3. The van der Waals surface area contributed by atoms with Crippen molar-refractivity contribution in [3.8, 4) is 28.4 Å². The minimum atomic E-state index is -0.599. The number of rotatable bonds is 3. The van der Waals surface area contributed by atoms with E-state index in [2.05, 4.69) is 179 Å². The van der Waals surface area contributed by atoms with Crippen LogP contribution in [0, 0.1) is 18.8 Å². The zero-order valence-corrected chi connectivity index (χ0v) is 36.0. The zero-order chi connectivity index (χ0) is 39.0. The van der Waals surface area contributed by atoms with E-state index in [1.807, 2.05) is 30.5 Å². The summed E-state index contributed by atoms with van der Waals surface area (Å²) in [5.41, 5.74) is 15.1. The summed E-state index contributed by atoms with van der Waals surface area (Å²) in [5, 5.41) is 2.25. The summed E-state index contributed by atoms with van der Waals surface area (Å²) in [4.78, 5) is 9.30. The van der Waals surface area contributed by atoms with Gasteiger partial charge in [0, 0.05) is 61.1 Å². The maximum absolute atomic E-state index is 6.81. The molecule has 11 rings (SSSR count). The third-order valence-electron chi connectivity index (χ3n) is 12.3. The Hall–Kier alpha value is -5.64. The van der Waals surface area contributed by atoms with E-state index in [9.17, 15) is 0 Å². The van der Waals surface area contributed by atoms with Crippen LogP contribution in [-0.2, 0) is 37.3 Å². The van der Waals surface area contributed by atoms with Gasteiger partial charge in [0.1, 0.15) is 5.82 Å². The number of nitrogens with zero attached hydrogens (tertiary/aromatic N) is 4. The molecule has 8 aromatic rings. The first-order valence-electron chi connectivity index (χ1n) is 19.9. The van der Waals surface area contributed by atoms with Gasteiger partial charge in [0.25, 0.3) is 0 Å². The van der Waals surface area contributed by atoms with Crippen LogP contribution in [0.4, 0.5) is 17.1 Å². The molecule has 6 aromatic carbocycles. The van der Waals surface area contributed by atoms with E-state index < -0.39 is 5.41 Å². The van der Waals surface area contributed by atoms with Gasteiger partial charge < -0.3 is 19.1 Å². The van der Waals surface area contributed by atoms with Gasteiger partial charge >= 0.3 is 0 Å². The van der Waals surface area contributed by atoms with E-state index in [0.29, 0.717) is 11.5 Å². The second-order valence-electron chi connectivity index (χ2n) is 17.8. The van der Waals surface area contributed by atoms with Gasteiger partial charge in [0.05, 0.1) is 0 Å². The molecule has 290 valence electrons. The summed E-state index contributed by atoms with van der Waals surface area (Å²) in [6.45, 7) is 16.3. The summed E-state index contributed by atoms with van der Waals surface area (Å²) in [5.74, 6) is 2.09. The van der Waals surface area contributed by atoms with Crippen molar-refractivity contribution >= 4 is 38.9 Å². The molecule has 0 fully saturated rings. The molecule has 0 bridgehead atoms. The number of hydrogen-bond acceptors (Lipinski definition) is 4. The molecule has 0 amide bonds. The van der Waals surface area contributed by atoms with Crippen molar-refractivity contribution < 1.29 is 25.8 Å². The van der Waals surface area contributed by atoms with Gasteiger partial charge in [-0.2, -0.15) is 18.8 Å². The van der Waals surface area contributed by atoms with Gasteiger partial charge in [-0.15, -0.1) is 35.2 Å². The van der Waals surface area contributed by atoms with E-state index in [4.69, 9.17) is 9.72 Å². The molecule has 5 nitrogen and oxygen atoms in total. The first-order valence-corrected chi connectivity index (χ1v) is 19.9. The molecule has 0 radical (unpaired) electrons. The topological polar surface area (TPSA) is 33.5 Å². The Labute approximate surface area is 355 Å². The van der Waals surface area contributed by atoms with Crippen molar-refractivity contribution in [2.24, 2.45) is 0 Å². The summed E-state index contributed by atoms with van der Waals surface area (Å²) in [6, 6.07) is 51.3. The number of anilines is 3. The zero-order valence-electron chi connectivity index (χ0n) is 33.7. The summed E-state index contributed by atoms with van der Waals surface area (Å²) < 4.78 is 8.98. The Balaban J connectivity index is 0.00000408. The fourth-order valence-electron chi connectivity index (χ4n) is 10.0. The van der Waals surface area contributed by atoms with Gasteiger partial charge in [0.15, 0.2) is 0 Å². The molecule has 2 aliphatic heterocycles. The van der Waals surface area contributed by atoms with E-state index in [1.54, 1.807) is 0 Å². The van der Waals surface area contributed by atoms with Crippen LogP contribution in [0.5, 0.6) is 11.5 Å². The van der Waals surface area contributed by atoms with Crippen LogP contribution >= 0.6 is 0 Å². The minimum absolute atomic E-state index is 0. The summed E-state index contributed by atoms with van der Waals surface area (Å²) in [7, 11) is 2.14. The summed E-state index contributed by atoms with van der Waals surface area (Å²) in [6.07, 6.45) is 1.83. The first kappa shape index (κ1) is 36.7. The minimum Gasteiger partial charge on any atom is -0.509 e. The largest absolute Gasteiger partial charge is 0.509 e. The molecule has 58 heavy (non-hydrogen) atoms. The predicted molar refractivity (Wildman–Crippen MR) is 232 cm³/mol. The van der Waals surface area contributed by atoms with Crippen molar-refractivity contribution in [1.29, 1.82) is 0 Å². The molecule has 0 unspecified atom stereocenters. The van der Waals surface area contributed by atoms with Crippen molar-refractivity contribution in [2.45, 2.75) is 57.8 Å². The van der Waals surface area contributed by atoms with Crippen LogP contribution < -0.4 is 14.5 Å². The number of pyridine rings is 1. The monoisotopic (exact) mass is 934 g/mol. The van der Waals surface area contributed by atoms with Gasteiger partial charge in [-0.3, -0.25) is 0 Å². The maximum Gasteiger partial charge on any atom is 0.135 e. The molecule has 0 saturated carbocycles. The molecule has 0 N–H and O–H groups in total. The molecule has 0 saturated heterocycles. The molecule has 3 aliphatic rings. The van der Waals surface area contributed by atoms with Crippen LogP contribution in [0.15, 0.2) is 128 Å². The first-order chi connectivity index (χ1) is 27.5. The van der Waals surface area contributed by atoms with Crippen LogP contribution in [0.25, 0.3) is 38.8 Å². The van der Waals surface area contributed by atoms with E-state index in [-0.39, 0.29) is 31.9 Å². The molecular weight excluding hydrogens is 892 g/mol. The van der Waals surface area contributed by atoms with Gasteiger partial charge in [-0.25, -0.2) is 4.98 Å². The normalized spacial score (nSPS) is 14.7. The Morgan fingerprint density at radius 1 is 0.638 bits per heavy atom. The molecule has 1 spiro atoms. The SMILES string of the molecule is CN1[CH-]N2c3[c-]c(Oc4[c-]c5c(cc4)c4ccccc4n5-c4ccccn4)ccc3C3(c4cccc1c42)c1c(cccc1C(C)(C)C)-c1cccc(C(C)(C)C)c13.[Pt]. The van der Waals surface area contributed by atoms with Crippen molar-refractivity contribution in [3.63, 3.8) is 0 Å². The van der Waals surface area contributed by atoms with Gasteiger partial charge in [-0.05, 0) is 86.5 Å². The Morgan fingerprint density at radius 2 is 1.29 bits per heavy atom. The summed E-state index contributed by atoms with van der Waals surface area (Å²) >= 11 is 0. The number of benzene rings is 6. The number of hydrogen-bond donors (Lipinski definition) is 0. The number of ether oxygens (including phenoxy) is 1. The predicted octanol–water partition coefficient (Wildman–Crippen LogP) is 12.5. The van der Waals surface area contributed by atoms with Gasteiger partial charge in [0.2, 0.25) is 0 Å². The Morgan fingerprint density at radius 3 is 1.98 bits per heavy atom. The van der Waals surface area contributed by atoms with Gasteiger partial charge in [-0.1, -0.05) is 126 Å². The van der Waals surface area contributed by atoms with Crippen LogP contribution in [0.3, 0.4) is 0 Å². The quantitative estimate of drug-likeness (QED) is 0.165. The van der Waals surface area contributed by atoms with Crippen LogP contribution in [0.1, 0.15) is 74.9 Å².